The summed E-state index contributed by atoms with van der Waals surface area (Å²) < 4.78 is 0.815. The van der Waals surface area contributed by atoms with Crippen LogP contribution in [-0.2, 0) is 4.79 Å². The molecule has 9 heteroatoms. The molecule has 0 aliphatic carbocycles. The fraction of sp³-hybridized carbons (Fsp3) is 0.548. The molecule has 2 saturated heterocycles. The number of halogens is 3. The summed E-state index contributed by atoms with van der Waals surface area (Å²) in [6, 6.07) is 12.8. The van der Waals surface area contributed by atoms with Gasteiger partial charge in [0.25, 0.3) is 11.8 Å². The molecule has 1 unspecified atom stereocenters. The molecule has 2 heterocycles. The van der Waals surface area contributed by atoms with Gasteiger partial charge in [-0.2, -0.15) is 0 Å². The van der Waals surface area contributed by atoms with Crippen molar-refractivity contribution in [3.8, 4) is 0 Å². The first-order chi connectivity index (χ1) is 19.1. The van der Waals surface area contributed by atoms with Gasteiger partial charge in [0.1, 0.15) is 0 Å². The molecule has 40 heavy (non-hydrogen) atoms. The average Bonchev–Trinajstić information content (AvgIpc) is 2.96. The zero-order chi connectivity index (χ0) is 28.9. The zero-order valence-corrected chi connectivity index (χ0v) is 26.2. The Morgan fingerprint density at radius 1 is 0.950 bits per heavy atom. The minimum atomic E-state index is -0.431. The Bertz CT molecular complexity index is 1190. The number of carbonyl (C=O) groups is 2. The number of piperidine rings is 2. The van der Waals surface area contributed by atoms with E-state index in [2.05, 4.69) is 5.32 Å². The lowest BCUT2D eigenvalue weighted by Crippen LogP contribution is -2.74. The van der Waals surface area contributed by atoms with Crippen LogP contribution in [0.1, 0.15) is 60.4 Å². The van der Waals surface area contributed by atoms with Crippen LogP contribution in [0.5, 0.6) is 0 Å². The van der Waals surface area contributed by atoms with Gasteiger partial charge in [-0.25, -0.2) is 0 Å². The summed E-state index contributed by atoms with van der Waals surface area (Å²) >= 11 is 18.9. The van der Waals surface area contributed by atoms with E-state index in [0.29, 0.717) is 27.2 Å². The number of quaternary nitrogens is 1. The molecule has 2 aliphatic rings. The van der Waals surface area contributed by atoms with Gasteiger partial charge in [-0.05, 0) is 55.2 Å². The molecule has 0 radical (unpaired) electrons. The molecule has 2 fully saturated rings. The summed E-state index contributed by atoms with van der Waals surface area (Å²) in [7, 11) is 5.62. The Kier molecular flexibility index (Phi) is 10.4. The second kappa shape index (κ2) is 13.4. The topological polar surface area (TPSA) is 52.7 Å². The summed E-state index contributed by atoms with van der Waals surface area (Å²) in [4.78, 5) is 30.9. The number of likely N-dealkylation sites (tertiary alicyclic amines) is 1. The summed E-state index contributed by atoms with van der Waals surface area (Å²) in [5.41, 5.74) is 1.18. The molecule has 0 spiro atoms. The lowest BCUT2D eigenvalue weighted by Gasteiger charge is -2.56. The average molecular weight is 609 g/mol. The van der Waals surface area contributed by atoms with Crippen LogP contribution in [0.3, 0.4) is 0 Å². The Labute approximate surface area is 254 Å². The van der Waals surface area contributed by atoms with Crippen molar-refractivity contribution in [1.29, 1.82) is 0 Å². The van der Waals surface area contributed by atoms with E-state index in [9.17, 15) is 9.59 Å². The predicted molar refractivity (Wildman–Crippen MR) is 164 cm³/mol. The van der Waals surface area contributed by atoms with Crippen molar-refractivity contribution in [2.45, 2.75) is 50.0 Å². The van der Waals surface area contributed by atoms with Gasteiger partial charge < -0.3 is 19.6 Å². The molecule has 2 aliphatic heterocycles. The van der Waals surface area contributed by atoms with E-state index in [1.807, 2.05) is 39.3 Å². The van der Waals surface area contributed by atoms with E-state index in [-0.39, 0.29) is 17.7 Å². The molecule has 2 aromatic carbocycles. The van der Waals surface area contributed by atoms with E-state index in [1.165, 1.54) is 6.42 Å². The molecule has 6 nitrogen and oxygen atoms in total. The van der Waals surface area contributed by atoms with Crippen LogP contribution in [0.25, 0.3) is 0 Å². The molecular formula is C31H42Cl3N4O2+. The predicted octanol–water partition coefficient (Wildman–Crippen LogP) is 6.10. The highest BCUT2D eigenvalue weighted by atomic mass is 35.5. The second-order valence-corrected chi connectivity index (χ2v) is 13.0. The zero-order valence-electron chi connectivity index (χ0n) is 23.9. The third-order valence-electron chi connectivity index (χ3n) is 9.05. The van der Waals surface area contributed by atoms with Gasteiger partial charge >= 0.3 is 0 Å². The minimum absolute atomic E-state index is 0.0213. The standard InChI is InChI=1S/C31H42Cl3N4O2/c1-36(2)30(40)31(13-15-35-16-14-31)38(17-5-4-6-18-38)19-12-25(23-10-11-27(33)28(34)21-23)22-37(3)29(39)24-8-7-9-26(32)20-24/h7-11,20-21,25,35H,4-6,12-19,22H2,1-3H3/q+1. The van der Waals surface area contributed by atoms with E-state index in [0.717, 1.165) is 74.9 Å². The molecule has 0 aromatic heterocycles. The minimum Gasteiger partial charge on any atom is -0.343 e. The molecule has 0 bridgehead atoms. The van der Waals surface area contributed by atoms with E-state index in [1.54, 1.807) is 34.1 Å². The number of hydrogen-bond donors (Lipinski definition) is 1. The van der Waals surface area contributed by atoms with Gasteiger partial charge in [-0.15, -0.1) is 0 Å². The maximum absolute atomic E-state index is 14.0. The highest BCUT2D eigenvalue weighted by molar-refractivity contribution is 6.42. The number of hydrogen-bond acceptors (Lipinski definition) is 3. The highest BCUT2D eigenvalue weighted by Crippen LogP contribution is 2.40. The fourth-order valence-corrected chi connectivity index (χ4v) is 7.42. The van der Waals surface area contributed by atoms with Crippen molar-refractivity contribution in [3.05, 3.63) is 68.7 Å². The number of nitrogens with zero attached hydrogens (tertiary/aromatic N) is 3. The van der Waals surface area contributed by atoms with Crippen molar-refractivity contribution in [2.24, 2.45) is 0 Å². The quantitative estimate of drug-likeness (QED) is 0.350. The number of rotatable bonds is 9. The largest absolute Gasteiger partial charge is 0.343 e. The van der Waals surface area contributed by atoms with Crippen LogP contribution in [0.4, 0.5) is 0 Å². The molecule has 4 rings (SSSR count). The van der Waals surface area contributed by atoms with Crippen LogP contribution in [0.2, 0.25) is 15.1 Å². The number of likely N-dealkylation sites (N-methyl/N-ethyl adjacent to an activating group) is 2. The molecular weight excluding hydrogens is 567 g/mol. The number of carbonyl (C=O) groups excluding carboxylic acids is 2. The Morgan fingerprint density at radius 3 is 2.27 bits per heavy atom. The monoisotopic (exact) mass is 607 g/mol. The number of benzene rings is 2. The van der Waals surface area contributed by atoms with Crippen molar-refractivity contribution in [3.63, 3.8) is 0 Å². The van der Waals surface area contributed by atoms with Gasteiger partial charge in [-0.1, -0.05) is 46.9 Å². The van der Waals surface area contributed by atoms with E-state index in [4.69, 9.17) is 34.8 Å². The lowest BCUT2D eigenvalue weighted by atomic mass is 9.79. The first kappa shape index (κ1) is 31.1. The molecule has 2 aromatic rings. The molecule has 0 saturated carbocycles. The smallest absolute Gasteiger partial charge is 0.283 e. The van der Waals surface area contributed by atoms with E-state index >= 15 is 0 Å². The van der Waals surface area contributed by atoms with Gasteiger partial charge in [0.15, 0.2) is 5.54 Å². The van der Waals surface area contributed by atoms with Gasteiger partial charge in [0.05, 0.1) is 29.7 Å². The van der Waals surface area contributed by atoms with Crippen LogP contribution in [0, 0.1) is 0 Å². The number of nitrogens with one attached hydrogen (secondary N) is 1. The van der Waals surface area contributed by atoms with E-state index < -0.39 is 5.54 Å². The Hall–Kier alpha value is -1.83. The third kappa shape index (κ3) is 6.63. The van der Waals surface area contributed by atoms with Gasteiger partial charge in [0, 0.05) is 76.5 Å². The Morgan fingerprint density at radius 2 is 1.65 bits per heavy atom. The van der Waals surface area contributed by atoms with Crippen molar-refractivity contribution in [1.82, 2.24) is 15.1 Å². The summed E-state index contributed by atoms with van der Waals surface area (Å²) in [5, 5.41) is 5.04. The molecule has 1 N–H and O–H groups in total. The summed E-state index contributed by atoms with van der Waals surface area (Å²) in [6.07, 6.45) is 5.96. The van der Waals surface area contributed by atoms with Gasteiger partial charge in [0.2, 0.25) is 0 Å². The van der Waals surface area contributed by atoms with Crippen LogP contribution < -0.4 is 5.32 Å². The summed E-state index contributed by atoms with van der Waals surface area (Å²) in [6.45, 7) is 5.10. The van der Waals surface area contributed by atoms with Crippen LogP contribution >= 0.6 is 34.8 Å². The third-order valence-corrected chi connectivity index (χ3v) is 10.0. The normalized spacial score (nSPS) is 19.1. The maximum atomic E-state index is 14.0. The Balaban J connectivity index is 1.66. The first-order valence-electron chi connectivity index (χ1n) is 14.3. The number of amides is 2. The maximum Gasteiger partial charge on any atom is 0.283 e. The fourth-order valence-electron chi connectivity index (χ4n) is 6.92. The van der Waals surface area contributed by atoms with Crippen LogP contribution in [-0.4, -0.2) is 92.0 Å². The molecule has 1 atom stereocenters. The second-order valence-electron chi connectivity index (χ2n) is 11.7. The molecule has 2 amide bonds. The summed E-state index contributed by atoms with van der Waals surface area (Å²) in [5.74, 6) is 0.190. The highest BCUT2D eigenvalue weighted by Gasteiger charge is 2.57. The van der Waals surface area contributed by atoms with Gasteiger partial charge in [-0.3, -0.25) is 9.59 Å². The van der Waals surface area contributed by atoms with Crippen molar-refractivity contribution >= 4 is 46.6 Å². The van der Waals surface area contributed by atoms with Crippen molar-refractivity contribution < 1.29 is 14.1 Å². The first-order valence-corrected chi connectivity index (χ1v) is 15.5. The molecule has 218 valence electrons. The van der Waals surface area contributed by atoms with Crippen molar-refractivity contribution in [2.75, 3.05) is 60.4 Å². The van der Waals surface area contributed by atoms with Crippen LogP contribution in [0.15, 0.2) is 42.5 Å². The lowest BCUT2D eigenvalue weighted by molar-refractivity contribution is -0.972. The SMILES string of the molecule is CN(C)C(=O)C1([N+]2(CCC(CN(C)C(=O)c3cccc(Cl)c3)c3ccc(Cl)c(Cl)c3)CCCCC2)CCNCC1.